The summed E-state index contributed by atoms with van der Waals surface area (Å²) in [5.41, 5.74) is 6.55. The molecule has 0 radical (unpaired) electrons. The van der Waals surface area contributed by atoms with Gasteiger partial charge in [0.1, 0.15) is 0 Å². The Hall–Kier alpha value is -0.830. The minimum absolute atomic E-state index is 0.168. The van der Waals surface area contributed by atoms with E-state index < -0.39 is 0 Å². The average molecular weight is 492 g/mol. The zero-order valence-electron chi connectivity index (χ0n) is 19.9. The van der Waals surface area contributed by atoms with Crippen LogP contribution in [0.25, 0.3) is 0 Å². The van der Waals surface area contributed by atoms with Crippen molar-refractivity contribution in [3.8, 4) is 0 Å². The summed E-state index contributed by atoms with van der Waals surface area (Å²) in [7, 11) is 0. The molecule has 0 fully saturated rings. The number of hydrogen-bond donors (Lipinski definition) is 0. The van der Waals surface area contributed by atoms with Crippen molar-refractivity contribution in [3.63, 3.8) is 0 Å². The quantitative estimate of drug-likeness (QED) is 0.540. The predicted octanol–water partition coefficient (Wildman–Crippen LogP) is 4.83. The maximum absolute atomic E-state index is 2.50. The van der Waals surface area contributed by atoms with E-state index in [9.17, 15) is 0 Å². The zero-order chi connectivity index (χ0) is 21.5. The van der Waals surface area contributed by atoms with Crippen LogP contribution in [0.15, 0.2) is 36.4 Å². The van der Waals surface area contributed by atoms with E-state index in [0.29, 0.717) is 5.92 Å². The van der Waals surface area contributed by atoms with Gasteiger partial charge < -0.3 is 0 Å². The first kappa shape index (κ1) is 23.4. The van der Waals surface area contributed by atoms with Gasteiger partial charge in [0.15, 0.2) is 0 Å². The van der Waals surface area contributed by atoms with E-state index in [2.05, 4.69) is 113 Å². The molecule has 0 saturated carbocycles. The van der Waals surface area contributed by atoms with Crippen LogP contribution in [0.5, 0.6) is 0 Å². The molecule has 0 saturated heterocycles. The van der Waals surface area contributed by atoms with Gasteiger partial charge in [-0.2, -0.15) is 0 Å². The Bertz CT molecular complexity index is 821. The van der Waals surface area contributed by atoms with Crippen molar-refractivity contribution in [2.45, 2.75) is 98.3 Å². The summed E-state index contributed by atoms with van der Waals surface area (Å²) < 4.78 is 3.05. The van der Waals surface area contributed by atoms with E-state index in [4.69, 9.17) is 0 Å². The normalized spacial score (nSPS) is 13.4. The molecule has 0 aromatic heterocycles. The minimum atomic E-state index is -0.178. The Kier molecular flexibility index (Phi) is 6.81. The second-order valence-corrected chi connectivity index (χ2v) is 14.5. The van der Waals surface area contributed by atoms with Crippen molar-refractivity contribution in [2.75, 3.05) is 0 Å². The Morgan fingerprint density at radius 2 is 1.00 bits per heavy atom. The topological polar surface area (TPSA) is 0 Å². The van der Waals surface area contributed by atoms with E-state index in [1.807, 2.05) is 0 Å². The summed E-state index contributed by atoms with van der Waals surface area (Å²) in [6.07, 6.45) is 0. The molecule has 28 heavy (non-hydrogen) atoms. The van der Waals surface area contributed by atoms with Crippen LogP contribution in [-0.2, 0) is 16.2 Å². The molecule has 0 N–H and O–H groups in total. The van der Waals surface area contributed by atoms with Crippen LogP contribution in [0.4, 0.5) is 0 Å². The van der Waals surface area contributed by atoms with Gasteiger partial charge in [0.2, 0.25) is 0 Å². The molecule has 0 bridgehead atoms. The molecular formula is C27H40I-. The van der Waals surface area contributed by atoms with Crippen LogP contribution in [0.2, 0.25) is 0 Å². The molecule has 0 spiro atoms. The predicted molar refractivity (Wildman–Crippen MR) is 120 cm³/mol. The number of hydrogen-bond acceptors (Lipinski definition) is 0. The first-order valence-electron chi connectivity index (χ1n) is 10.5. The van der Waals surface area contributed by atoms with Gasteiger partial charge in [-0.1, -0.05) is 0 Å². The first-order valence-corrected chi connectivity index (χ1v) is 12.7. The fourth-order valence-electron chi connectivity index (χ4n) is 3.73. The van der Waals surface area contributed by atoms with E-state index in [0.717, 1.165) is 0 Å². The molecule has 2 rings (SSSR count). The third-order valence-corrected chi connectivity index (χ3v) is 7.85. The monoisotopic (exact) mass is 491 g/mol. The van der Waals surface area contributed by atoms with Crippen molar-refractivity contribution in [1.29, 1.82) is 0 Å². The van der Waals surface area contributed by atoms with E-state index in [1.165, 1.54) is 29.4 Å². The van der Waals surface area contributed by atoms with Crippen LogP contribution in [0.1, 0.15) is 104 Å². The fraction of sp³-hybridized carbons (Fsp3) is 0.556. The molecule has 0 unspecified atom stereocenters. The van der Waals surface area contributed by atoms with Gasteiger partial charge in [-0.05, 0) is 0 Å². The van der Waals surface area contributed by atoms with Crippen molar-refractivity contribution in [1.82, 2.24) is 0 Å². The van der Waals surface area contributed by atoms with Crippen LogP contribution in [0, 0.1) is 7.14 Å². The van der Waals surface area contributed by atoms with Crippen molar-refractivity contribution in [2.24, 2.45) is 0 Å². The third-order valence-electron chi connectivity index (χ3n) is 5.26. The fourth-order valence-corrected chi connectivity index (χ4v) is 6.13. The van der Waals surface area contributed by atoms with Gasteiger partial charge >= 0.3 is 185 Å². The van der Waals surface area contributed by atoms with Crippen LogP contribution >= 0.6 is 0 Å². The molecule has 0 aliphatic rings. The number of rotatable bonds is 3. The van der Waals surface area contributed by atoms with Crippen molar-refractivity contribution < 1.29 is 21.2 Å². The first-order chi connectivity index (χ1) is 12.6. The van der Waals surface area contributed by atoms with Gasteiger partial charge in [0.25, 0.3) is 0 Å². The summed E-state index contributed by atoms with van der Waals surface area (Å²) in [6.45, 7) is 25.6. The molecule has 0 nitrogen and oxygen atoms in total. The Morgan fingerprint density at radius 3 is 1.43 bits per heavy atom. The molecule has 0 heterocycles. The second-order valence-electron chi connectivity index (χ2n) is 11.4. The van der Waals surface area contributed by atoms with Gasteiger partial charge in [-0.25, -0.2) is 0 Å². The average Bonchev–Trinajstić information content (AvgIpc) is 2.51. The number of halogens is 1. The molecular weight excluding hydrogens is 451 g/mol. The van der Waals surface area contributed by atoms with Crippen molar-refractivity contribution in [3.05, 3.63) is 65.8 Å². The Labute approximate surface area is 184 Å². The van der Waals surface area contributed by atoms with E-state index in [1.54, 1.807) is 0 Å². The summed E-state index contributed by atoms with van der Waals surface area (Å²) in [4.78, 5) is 0. The Morgan fingerprint density at radius 1 is 0.571 bits per heavy atom. The molecule has 2 aromatic rings. The molecule has 0 aliphatic carbocycles. The van der Waals surface area contributed by atoms with Crippen LogP contribution in [-0.4, -0.2) is 0 Å². The summed E-state index contributed by atoms with van der Waals surface area (Å²) >= 11 is -0.178. The molecule has 0 aliphatic heterocycles. The third kappa shape index (κ3) is 5.62. The second kappa shape index (κ2) is 8.13. The molecule has 0 amide bonds. The summed E-state index contributed by atoms with van der Waals surface area (Å²) in [5, 5.41) is 0. The summed E-state index contributed by atoms with van der Waals surface area (Å²) in [5.74, 6) is 0.562. The SMILES string of the molecule is CC(C)c1cc([I-]c2ccc(C(C)(C)C)c(C(C)(C)C)c2)ccc1C(C)(C)C. The van der Waals surface area contributed by atoms with Gasteiger partial charge in [0, 0.05) is 0 Å². The van der Waals surface area contributed by atoms with E-state index >= 15 is 0 Å². The molecule has 1 heteroatoms. The Balaban J connectivity index is 2.48. The number of benzene rings is 2. The zero-order valence-corrected chi connectivity index (χ0v) is 22.1. The molecule has 156 valence electrons. The van der Waals surface area contributed by atoms with Crippen molar-refractivity contribution >= 4 is 0 Å². The molecule has 2 aromatic carbocycles. The van der Waals surface area contributed by atoms with E-state index in [-0.39, 0.29) is 37.5 Å². The van der Waals surface area contributed by atoms with Gasteiger partial charge in [0.05, 0.1) is 0 Å². The summed E-state index contributed by atoms with van der Waals surface area (Å²) in [6, 6.07) is 14.5. The maximum atomic E-state index is 2.50. The molecule has 0 atom stereocenters. The van der Waals surface area contributed by atoms with Crippen LogP contribution < -0.4 is 21.2 Å². The van der Waals surface area contributed by atoms with Gasteiger partial charge in [-0.15, -0.1) is 0 Å². The van der Waals surface area contributed by atoms with Gasteiger partial charge in [-0.3, -0.25) is 0 Å². The standard InChI is InChI=1S/C27H40I/c1-18(2)21-16-19(12-14-22(21)25(3,4)5)28-20-13-15-23(26(6,7)8)24(17-20)27(9,10)11/h12-18H,1-11H3/q-1. The van der Waals surface area contributed by atoms with Crippen LogP contribution in [0.3, 0.4) is 0 Å².